The molecule has 1 saturated heterocycles. The van der Waals surface area contributed by atoms with Crippen molar-refractivity contribution in [2.75, 3.05) is 18.4 Å². The first-order valence-electron chi connectivity index (χ1n) is 8.26. The van der Waals surface area contributed by atoms with Gasteiger partial charge in [0.2, 0.25) is 5.91 Å². The van der Waals surface area contributed by atoms with Crippen LogP contribution in [0.5, 0.6) is 0 Å². The summed E-state index contributed by atoms with van der Waals surface area (Å²) in [7, 11) is 0. The maximum Gasteiger partial charge on any atom is 0.257 e. The van der Waals surface area contributed by atoms with E-state index in [1.54, 1.807) is 17.2 Å². The first-order valence-corrected chi connectivity index (χ1v) is 8.26. The van der Waals surface area contributed by atoms with Crippen molar-refractivity contribution < 1.29 is 14.0 Å². The Kier molecular flexibility index (Phi) is 3.97. The summed E-state index contributed by atoms with van der Waals surface area (Å²) in [5.41, 5.74) is 2.18. The van der Waals surface area contributed by atoms with Crippen molar-refractivity contribution in [3.05, 3.63) is 48.6 Å². The molecule has 1 fully saturated rings. The van der Waals surface area contributed by atoms with Gasteiger partial charge in [-0.3, -0.25) is 14.7 Å². The van der Waals surface area contributed by atoms with Gasteiger partial charge >= 0.3 is 0 Å². The lowest BCUT2D eigenvalue weighted by molar-refractivity contribution is -0.121. The largest absolute Gasteiger partial charge is 0.472 e. The Morgan fingerprint density at radius 2 is 2.24 bits per heavy atom. The Labute approximate surface area is 144 Å². The van der Waals surface area contributed by atoms with Crippen LogP contribution in [-0.4, -0.2) is 40.0 Å². The van der Waals surface area contributed by atoms with Crippen molar-refractivity contribution in [3.8, 4) is 0 Å². The van der Waals surface area contributed by atoms with Crippen molar-refractivity contribution in [3.63, 3.8) is 0 Å². The Balaban J connectivity index is 1.43. The van der Waals surface area contributed by atoms with Crippen molar-refractivity contribution in [2.45, 2.75) is 12.8 Å². The van der Waals surface area contributed by atoms with E-state index in [1.807, 2.05) is 18.2 Å². The summed E-state index contributed by atoms with van der Waals surface area (Å²) < 4.78 is 4.97. The van der Waals surface area contributed by atoms with Gasteiger partial charge in [-0.15, -0.1) is 0 Å². The zero-order chi connectivity index (χ0) is 17.2. The van der Waals surface area contributed by atoms with E-state index < -0.39 is 0 Å². The van der Waals surface area contributed by atoms with Crippen LogP contribution in [0, 0.1) is 5.92 Å². The summed E-state index contributed by atoms with van der Waals surface area (Å²) in [5.74, 6) is -0.372. The molecule has 0 spiro atoms. The van der Waals surface area contributed by atoms with Gasteiger partial charge in [0.15, 0.2) is 0 Å². The fourth-order valence-corrected chi connectivity index (χ4v) is 3.21. The number of benzene rings is 1. The van der Waals surface area contributed by atoms with E-state index in [4.69, 9.17) is 4.42 Å². The number of aromatic nitrogens is 2. The van der Waals surface area contributed by atoms with Crippen LogP contribution >= 0.6 is 0 Å². The van der Waals surface area contributed by atoms with Crippen LogP contribution in [-0.2, 0) is 4.79 Å². The Morgan fingerprint density at radius 3 is 3.08 bits per heavy atom. The molecule has 1 aromatic carbocycles. The molecule has 128 valence electrons. The number of furan rings is 1. The topological polar surface area (TPSA) is 91.2 Å². The lowest BCUT2D eigenvalue weighted by atomic mass is 9.96. The molecule has 0 radical (unpaired) electrons. The molecule has 0 aliphatic carbocycles. The molecule has 2 amide bonds. The van der Waals surface area contributed by atoms with Crippen molar-refractivity contribution in [2.24, 2.45) is 5.92 Å². The lowest BCUT2D eigenvalue weighted by Gasteiger charge is -2.31. The quantitative estimate of drug-likeness (QED) is 0.768. The third kappa shape index (κ3) is 3.13. The molecule has 4 rings (SSSR count). The summed E-state index contributed by atoms with van der Waals surface area (Å²) in [4.78, 5) is 26.8. The second-order valence-electron chi connectivity index (χ2n) is 6.26. The van der Waals surface area contributed by atoms with Gasteiger partial charge in [-0.05, 0) is 37.1 Å². The summed E-state index contributed by atoms with van der Waals surface area (Å²) in [6.45, 7) is 1.08. The third-order valence-electron chi connectivity index (χ3n) is 4.56. The monoisotopic (exact) mass is 338 g/mol. The number of hydrogen-bond acceptors (Lipinski definition) is 4. The Hall–Kier alpha value is -3.09. The first kappa shape index (κ1) is 15.4. The molecular formula is C18H18N4O3. The predicted molar refractivity (Wildman–Crippen MR) is 92.1 cm³/mol. The van der Waals surface area contributed by atoms with Crippen LogP contribution in [0.2, 0.25) is 0 Å². The molecule has 0 bridgehead atoms. The summed E-state index contributed by atoms with van der Waals surface area (Å²) >= 11 is 0. The molecule has 3 heterocycles. The highest BCUT2D eigenvalue weighted by Gasteiger charge is 2.29. The average molecular weight is 338 g/mol. The van der Waals surface area contributed by atoms with E-state index in [0.717, 1.165) is 29.4 Å². The third-order valence-corrected chi connectivity index (χ3v) is 4.56. The van der Waals surface area contributed by atoms with Gasteiger partial charge in [-0.25, -0.2) is 0 Å². The smallest absolute Gasteiger partial charge is 0.257 e. The van der Waals surface area contributed by atoms with Crippen LogP contribution in [0.25, 0.3) is 10.9 Å². The first-order chi connectivity index (χ1) is 12.2. The number of aromatic amines is 1. The highest BCUT2D eigenvalue weighted by atomic mass is 16.3. The number of carbonyl (C=O) groups excluding carboxylic acids is 2. The molecule has 1 aliphatic heterocycles. The number of anilines is 1. The molecule has 2 N–H and O–H groups in total. The molecule has 3 aromatic rings. The van der Waals surface area contributed by atoms with Gasteiger partial charge in [0.25, 0.3) is 5.91 Å². The van der Waals surface area contributed by atoms with Crippen LogP contribution in [0.4, 0.5) is 5.69 Å². The lowest BCUT2D eigenvalue weighted by Crippen LogP contribution is -2.43. The van der Waals surface area contributed by atoms with Gasteiger partial charge in [0.05, 0.1) is 29.5 Å². The molecule has 7 heteroatoms. The molecule has 7 nitrogen and oxygen atoms in total. The number of nitrogens with zero attached hydrogens (tertiary/aromatic N) is 2. The van der Waals surface area contributed by atoms with Crippen LogP contribution in [0.1, 0.15) is 23.2 Å². The predicted octanol–water partition coefficient (Wildman–Crippen LogP) is 2.65. The van der Waals surface area contributed by atoms with Gasteiger partial charge in [0, 0.05) is 24.2 Å². The number of carbonyl (C=O) groups is 2. The van der Waals surface area contributed by atoms with Crippen molar-refractivity contribution in [1.29, 1.82) is 0 Å². The maximum absolute atomic E-state index is 12.6. The van der Waals surface area contributed by atoms with E-state index in [9.17, 15) is 9.59 Å². The molecule has 25 heavy (non-hydrogen) atoms. The minimum absolute atomic E-state index is 0.0625. The number of piperidine rings is 1. The molecule has 1 atom stereocenters. The SMILES string of the molecule is O=C(Nc1ccc2[nH]ncc2c1)C1CCCN(C(=O)c2ccoc2)C1. The second kappa shape index (κ2) is 6.43. The molecule has 1 aliphatic rings. The fourth-order valence-electron chi connectivity index (χ4n) is 3.21. The molecular weight excluding hydrogens is 320 g/mol. The maximum atomic E-state index is 12.6. The zero-order valence-electron chi connectivity index (χ0n) is 13.6. The van der Waals surface area contributed by atoms with E-state index in [-0.39, 0.29) is 17.7 Å². The van der Waals surface area contributed by atoms with E-state index in [2.05, 4.69) is 15.5 Å². The van der Waals surface area contributed by atoms with Crippen LogP contribution in [0.15, 0.2) is 47.4 Å². The number of rotatable bonds is 3. The van der Waals surface area contributed by atoms with Crippen molar-refractivity contribution >= 4 is 28.4 Å². The Morgan fingerprint density at radius 1 is 1.32 bits per heavy atom. The average Bonchev–Trinajstić information content (AvgIpc) is 3.32. The van der Waals surface area contributed by atoms with Gasteiger partial charge in [-0.1, -0.05) is 0 Å². The van der Waals surface area contributed by atoms with E-state index >= 15 is 0 Å². The number of H-pyrrole nitrogens is 1. The summed E-state index contributed by atoms with van der Waals surface area (Å²) in [6.07, 6.45) is 6.22. The zero-order valence-corrected chi connectivity index (χ0v) is 13.6. The summed E-state index contributed by atoms with van der Waals surface area (Å²) in [5, 5.41) is 10.7. The Bertz CT molecular complexity index is 900. The molecule has 0 saturated carbocycles. The number of hydrogen-bond donors (Lipinski definition) is 2. The standard InChI is InChI=1S/C18H18N4O3/c23-17(20-15-3-4-16-14(8-15)9-19-21-16)12-2-1-6-22(10-12)18(24)13-5-7-25-11-13/h3-5,7-9,11-12H,1-2,6,10H2,(H,19,21)(H,20,23). The fraction of sp³-hybridized carbons (Fsp3) is 0.278. The van der Waals surface area contributed by atoms with Gasteiger partial charge in [-0.2, -0.15) is 5.10 Å². The number of nitrogens with one attached hydrogen (secondary N) is 2. The van der Waals surface area contributed by atoms with E-state index in [0.29, 0.717) is 18.7 Å². The van der Waals surface area contributed by atoms with Gasteiger partial charge < -0.3 is 14.6 Å². The number of likely N-dealkylation sites (tertiary alicyclic amines) is 1. The molecule has 1 unspecified atom stereocenters. The van der Waals surface area contributed by atoms with Gasteiger partial charge in [0.1, 0.15) is 6.26 Å². The van der Waals surface area contributed by atoms with Crippen LogP contribution < -0.4 is 5.32 Å². The van der Waals surface area contributed by atoms with Crippen molar-refractivity contribution in [1.82, 2.24) is 15.1 Å². The second-order valence-corrected chi connectivity index (χ2v) is 6.26. The minimum Gasteiger partial charge on any atom is -0.472 e. The van der Waals surface area contributed by atoms with Crippen LogP contribution in [0.3, 0.4) is 0 Å². The normalized spacial score (nSPS) is 17.6. The highest BCUT2D eigenvalue weighted by Crippen LogP contribution is 2.22. The highest BCUT2D eigenvalue weighted by molar-refractivity contribution is 5.97. The summed E-state index contributed by atoms with van der Waals surface area (Å²) in [6, 6.07) is 7.25. The number of amides is 2. The number of fused-ring (bicyclic) bond motifs is 1. The molecule has 2 aromatic heterocycles. The minimum atomic E-state index is -0.218. The van der Waals surface area contributed by atoms with E-state index in [1.165, 1.54) is 12.5 Å².